The summed E-state index contributed by atoms with van der Waals surface area (Å²) in [6.45, 7) is 0. The van der Waals surface area contributed by atoms with Gasteiger partial charge < -0.3 is 9.84 Å². The number of benzene rings is 2. The highest BCUT2D eigenvalue weighted by atomic mass is 32.1. The van der Waals surface area contributed by atoms with Crippen LogP contribution in [0.15, 0.2) is 41.8 Å². The Balaban J connectivity index is 2.05. The van der Waals surface area contributed by atoms with E-state index in [2.05, 4.69) is 4.98 Å². The average Bonchev–Trinajstić information content (AvgIpc) is 2.96. The molecule has 3 rings (SSSR count). The molecule has 0 saturated carbocycles. The van der Waals surface area contributed by atoms with E-state index in [4.69, 9.17) is 9.84 Å². The number of carboxylic acids is 1. The molecule has 0 saturated heterocycles. The quantitative estimate of drug-likeness (QED) is 0.797. The maximum absolute atomic E-state index is 10.9. The number of carboxylic acid groups (broad SMARTS) is 1. The Morgan fingerprint density at radius 2 is 1.95 bits per heavy atom. The van der Waals surface area contributed by atoms with Crippen LogP contribution in [0.2, 0.25) is 0 Å². The van der Waals surface area contributed by atoms with Crippen LogP contribution in [0, 0.1) is 0 Å². The molecule has 100 valence electrons. The molecule has 0 unspecified atom stereocenters. The zero-order valence-electron chi connectivity index (χ0n) is 10.7. The van der Waals surface area contributed by atoms with Crippen LogP contribution in [-0.2, 0) is 0 Å². The second-order valence-corrected chi connectivity index (χ2v) is 5.13. The summed E-state index contributed by atoms with van der Waals surface area (Å²) in [5, 5.41) is 13.3. The summed E-state index contributed by atoms with van der Waals surface area (Å²) in [4.78, 5) is 15.0. The normalized spacial score (nSPS) is 10.7. The summed E-state index contributed by atoms with van der Waals surface area (Å²) in [6.07, 6.45) is 0. The monoisotopic (exact) mass is 285 g/mol. The van der Waals surface area contributed by atoms with Gasteiger partial charge in [0.15, 0.2) is 5.69 Å². The van der Waals surface area contributed by atoms with Gasteiger partial charge in [0.05, 0.1) is 7.11 Å². The fourth-order valence-corrected chi connectivity index (χ4v) is 2.78. The highest BCUT2D eigenvalue weighted by Crippen LogP contribution is 2.28. The fraction of sp³-hybridized carbons (Fsp3) is 0.0667. The predicted octanol–water partition coefficient (Wildman–Crippen LogP) is 3.67. The van der Waals surface area contributed by atoms with Crippen molar-refractivity contribution in [2.24, 2.45) is 0 Å². The molecule has 5 heteroatoms. The van der Waals surface area contributed by atoms with Crippen LogP contribution in [0.4, 0.5) is 0 Å². The molecule has 0 fully saturated rings. The number of nitrogens with zero attached hydrogens (tertiary/aromatic N) is 1. The lowest BCUT2D eigenvalue weighted by Crippen LogP contribution is -1.95. The van der Waals surface area contributed by atoms with E-state index in [1.54, 1.807) is 12.5 Å². The number of aromatic carboxylic acids is 1. The van der Waals surface area contributed by atoms with Gasteiger partial charge in [-0.3, -0.25) is 0 Å². The van der Waals surface area contributed by atoms with Crippen molar-refractivity contribution in [2.45, 2.75) is 0 Å². The van der Waals surface area contributed by atoms with Gasteiger partial charge in [0, 0.05) is 10.9 Å². The molecule has 0 radical (unpaired) electrons. The average molecular weight is 285 g/mol. The van der Waals surface area contributed by atoms with E-state index in [9.17, 15) is 4.79 Å². The van der Waals surface area contributed by atoms with Crippen LogP contribution in [0.1, 0.15) is 10.5 Å². The number of aromatic nitrogens is 1. The Hall–Kier alpha value is -2.40. The van der Waals surface area contributed by atoms with Crippen LogP contribution >= 0.6 is 11.3 Å². The summed E-state index contributed by atoms with van der Waals surface area (Å²) < 4.78 is 5.19. The lowest BCUT2D eigenvalue weighted by atomic mass is 10.1. The van der Waals surface area contributed by atoms with Crippen molar-refractivity contribution < 1.29 is 14.6 Å². The molecule has 0 spiro atoms. The zero-order valence-corrected chi connectivity index (χ0v) is 11.5. The molecule has 0 aliphatic carbocycles. The third-order valence-corrected chi connectivity index (χ3v) is 3.91. The first-order valence-corrected chi connectivity index (χ1v) is 6.82. The van der Waals surface area contributed by atoms with Crippen LogP contribution < -0.4 is 4.74 Å². The summed E-state index contributed by atoms with van der Waals surface area (Å²) >= 11 is 1.33. The Labute approximate surface area is 119 Å². The van der Waals surface area contributed by atoms with E-state index in [-0.39, 0.29) is 5.69 Å². The summed E-state index contributed by atoms with van der Waals surface area (Å²) in [6, 6.07) is 11.8. The number of methoxy groups -OCH3 is 1. The van der Waals surface area contributed by atoms with Gasteiger partial charge in [-0.1, -0.05) is 18.2 Å². The molecular formula is C15H11NO3S. The van der Waals surface area contributed by atoms with Gasteiger partial charge in [-0.2, -0.15) is 0 Å². The van der Waals surface area contributed by atoms with Crippen molar-refractivity contribution in [1.82, 2.24) is 4.98 Å². The lowest BCUT2D eigenvalue weighted by Gasteiger charge is -2.04. The summed E-state index contributed by atoms with van der Waals surface area (Å²) in [7, 11) is 1.64. The third kappa shape index (κ3) is 2.23. The van der Waals surface area contributed by atoms with Crippen molar-refractivity contribution >= 4 is 28.1 Å². The van der Waals surface area contributed by atoms with Crippen molar-refractivity contribution in [2.75, 3.05) is 7.11 Å². The van der Waals surface area contributed by atoms with Gasteiger partial charge >= 0.3 is 5.97 Å². The van der Waals surface area contributed by atoms with Crippen molar-refractivity contribution in [3.8, 4) is 16.3 Å². The first kappa shape index (κ1) is 12.6. The Morgan fingerprint density at radius 3 is 2.65 bits per heavy atom. The molecule has 20 heavy (non-hydrogen) atoms. The smallest absolute Gasteiger partial charge is 0.355 e. The number of carbonyl (C=O) groups is 1. The Morgan fingerprint density at radius 1 is 1.20 bits per heavy atom. The Bertz CT molecular complexity index is 795. The molecule has 4 nitrogen and oxygen atoms in total. The van der Waals surface area contributed by atoms with Gasteiger partial charge in [-0.25, -0.2) is 9.78 Å². The van der Waals surface area contributed by atoms with Crippen LogP contribution in [0.5, 0.6) is 5.75 Å². The second kappa shape index (κ2) is 4.94. The minimum absolute atomic E-state index is 0.0832. The van der Waals surface area contributed by atoms with Gasteiger partial charge in [-0.15, -0.1) is 11.3 Å². The molecule has 1 aromatic heterocycles. The standard InChI is InChI=1S/C15H11NO3S/c1-19-12-5-4-9-6-11(3-2-10(9)7-12)14-16-13(8-20-14)15(17)18/h2-8H,1H3,(H,17,18). The number of hydrogen-bond donors (Lipinski definition) is 1. The predicted molar refractivity (Wildman–Crippen MR) is 78.6 cm³/mol. The molecule has 1 N–H and O–H groups in total. The lowest BCUT2D eigenvalue weighted by molar-refractivity contribution is 0.0691. The highest BCUT2D eigenvalue weighted by molar-refractivity contribution is 7.13. The first-order chi connectivity index (χ1) is 9.67. The number of hydrogen-bond acceptors (Lipinski definition) is 4. The minimum atomic E-state index is -1.00. The first-order valence-electron chi connectivity index (χ1n) is 5.94. The topological polar surface area (TPSA) is 59.4 Å². The van der Waals surface area contributed by atoms with E-state index in [0.717, 1.165) is 22.1 Å². The van der Waals surface area contributed by atoms with Gasteiger partial charge in [0.25, 0.3) is 0 Å². The SMILES string of the molecule is COc1ccc2cc(-c3nc(C(=O)O)cs3)ccc2c1. The summed E-state index contributed by atoms with van der Waals surface area (Å²) in [5.74, 6) is -0.189. The van der Waals surface area contributed by atoms with Gasteiger partial charge in [-0.05, 0) is 29.0 Å². The maximum Gasteiger partial charge on any atom is 0.355 e. The minimum Gasteiger partial charge on any atom is -0.497 e. The van der Waals surface area contributed by atoms with Crippen LogP contribution in [0.25, 0.3) is 21.3 Å². The van der Waals surface area contributed by atoms with E-state index in [1.807, 2.05) is 36.4 Å². The van der Waals surface area contributed by atoms with Gasteiger partial charge in [0.2, 0.25) is 0 Å². The molecule has 0 aliphatic rings. The van der Waals surface area contributed by atoms with E-state index in [0.29, 0.717) is 5.01 Å². The van der Waals surface area contributed by atoms with Crippen molar-refractivity contribution in [1.29, 1.82) is 0 Å². The molecule has 2 aromatic carbocycles. The van der Waals surface area contributed by atoms with Gasteiger partial charge in [0.1, 0.15) is 10.8 Å². The third-order valence-electron chi connectivity index (χ3n) is 3.02. The molecular weight excluding hydrogens is 274 g/mol. The molecule has 0 amide bonds. The molecule has 3 aromatic rings. The van der Waals surface area contributed by atoms with Crippen LogP contribution in [0.3, 0.4) is 0 Å². The van der Waals surface area contributed by atoms with Crippen LogP contribution in [-0.4, -0.2) is 23.2 Å². The van der Waals surface area contributed by atoms with E-state index >= 15 is 0 Å². The number of ether oxygens (including phenoxy) is 1. The molecule has 0 aliphatic heterocycles. The van der Waals surface area contributed by atoms with E-state index < -0.39 is 5.97 Å². The maximum atomic E-state index is 10.9. The fourth-order valence-electron chi connectivity index (χ4n) is 1.99. The number of rotatable bonds is 3. The Kier molecular flexibility index (Phi) is 3.12. The zero-order chi connectivity index (χ0) is 14.1. The number of thiazole rings is 1. The summed E-state index contributed by atoms with van der Waals surface area (Å²) in [5.41, 5.74) is 1.000. The van der Waals surface area contributed by atoms with E-state index in [1.165, 1.54) is 11.3 Å². The largest absolute Gasteiger partial charge is 0.497 e. The number of fused-ring (bicyclic) bond motifs is 1. The van der Waals surface area contributed by atoms with Crippen molar-refractivity contribution in [3.05, 3.63) is 47.5 Å². The highest BCUT2D eigenvalue weighted by Gasteiger charge is 2.10. The molecule has 0 atom stereocenters. The molecule has 0 bridgehead atoms. The van der Waals surface area contributed by atoms with Crippen molar-refractivity contribution in [3.63, 3.8) is 0 Å². The molecule has 1 heterocycles. The second-order valence-electron chi connectivity index (χ2n) is 4.27.